The minimum Gasteiger partial charge on any atom is -0.309 e. The summed E-state index contributed by atoms with van der Waals surface area (Å²) >= 11 is 3.92. The molecule has 0 spiro atoms. The van der Waals surface area contributed by atoms with Crippen LogP contribution in [0.5, 0.6) is 0 Å². The lowest BCUT2D eigenvalue weighted by atomic mass is 10.2. The first kappa shape index (κ1) is 10.5. The highest BCUT2D eigenvalue weighted by molar-refractivity contribution is 14.1. The number of hydrogen-bond donors (Lipinski definition) is 1. The van der Waals surface area contributed by atoms with E-state index < -0.39 is 0 Å². The number of nitrogens with one attached hydrogen (secondary N) is 1. The Bertz CT molecular complexity index is 398. The third kappa shape index (κ3) is 1.98. The van der Waals surface area contributed by atoms with Crippen molar-refractivity contribution < 1.29 is 0 Å². The molecular formula is C9H11IN2OS. The van der Waals surface area contributed by atoms with Crippen molar-refractivity contribution in [2.45, 2.75) is 25.0 Å². The Kier molecular flexibility index (Phi) is 3.16. The fourth-order valence-electron chi connectivity index (χ4n) is 1.54. The van der Waals surface area contributed by atoms with Gasteiger partial charge >= 0.3 is 0 Å². The maximum absolute atomic E-state index is 11.5. The molecule has 1 unspecified atom stereocenters. The third-order valence-corrected chi connectivity index (χ3v) is 4.94. The van der Waals surface area contributed by atoms with E-state index in [0.717, 1.165) is 17.9 Å². The molecular weight excluding hydrogens is 311 g/mol. The van der Waals surface area contributed by atoms with Gasteiger partial charge in [0.15, 0.2) is 0 Å². The summed E-state index contributed by atoms with van der Waals surface area (Å²) in [5.74, 6) is 2.04. The summed E-state index contributed by atoms with van der Waals surface area (Å²) in [6.45, 7) is 1.89. The van der Waals surface area contributed by atoms with Crippen LogP contribution in [0, 0.1) is 10.5 Å². The predicted molar refractivity (Wildman–Crippen MR) is 66.7 cm³/mol. The summed E-state index contributed by atoms with van der Waals surface area (Å²) in [4.78, 5) is 18.8. The monoisotopic (exact) mass is 322 g/mol. The zero-order valence-corrected chi connectivity index (χ0v) is 10.8. The molecule has 14 heavy (non-hydrogen) atoms. The van der Waals surface area contributed by atoms with Crippen LogP contribution in [0.4, 0.5) is 0 Å². The van der Waals surface area contributed by atoms with Crippen molar-refractivity contribution in [1.82, 2.24) is 9.97 Å². The van der Waals surface area contributed by atoms with E-state index in [1.807, 2.05) is 41.3 Å². The lowest BCUT2D eigenvalue weighted by Crippen LogP contribution is -2.17. The van der Waals surface area contributed by atoms with Crippen LogP contribution in [0.3, 0.4) is 0 Å². The van der Waals surface area contributed by atoms with Crippen LogP contribution in [-0.4, -0.2) is 15.7 Å². The lowest BCUT2D eigenvalue weighted by molar-refractivity contribution is 0.763. The highest BCUT2D eigenvalue weighted by atomic mass is 127. The van der Waals surface area contributed by atoms with Crippen LogP contribution in [0.25, 0.3) is 0 Å². The van der Waals surface area contributed by atoms with Gasteiger partial charge in [-0.05, 0) is 48.1 Å². The molecule has 1 aromatic rings. The molecule has 1 aliphatic heterocycles. The number of thioether (sulfide) groups is 1. The Balaban J connectivity index is 2.39. The van der Waals surface area contributed by atoms with Crippen LogP contribution in [0.15, 0.2) is 4.79 Å². The molecule has 76 valence electrons. The van der Waals surface area contributed by atoms with Gasteiger partial charge in [-0.3, -0.25) is 4.79 Å². The van der Waals surface area contributed by atoms with Gasteiger partial charge in [-0.15, -0.1) is 0 Å². The molecule has 2 heterocycles. The van der Waals surface area contributed by atoms with Gasteiger partial charge in [0.05, 0.1) is 14.5 Å². The molecule has 0 aliphatic carbocycles. The van der Waals surface area contributed by atoms with Gasteiger partial charge in [-0.1, -0.05) is 0 Å². The number of nitrogens with zero attached hydrogens (tertiary/aromatic N) is 1. The fraction of sp³-hybridized carbons (Fsp3) is 0.556. The molecule has 1 N–H and O–H groups in total. The summed E-state index contributed by atoms with van der Waals surface area (Å²) in [6, 6.07) is 0. The average molecular weight is 322 g/mol. The van der Waals surface area contributed by atoms with Crippen LogP contribution in [0.1, 0.15) is 29.6 Å². The second-order valence-electron chi connectivity index (χ2n) is 3.35. The van der Waals surface area contributed by atoms with E-state index >= 15 is 0 Å². The van der Waals surface area contributed by atoms with E-state index in [9.17, 15) is 4.79 Å². The summed E-state index contributed by atoms with van der Waals surface area (Å²) in [5.41, 5.74) is 0.845. The molecule has 1 aromatic heterocycles. The number of hydrogen-bond acceptors (Lipinski definition) is 3. The van der Waals surface area contributed by atoms with Gasteiger partial charge in [0.25, 0.3) is 5.56 Å². The Morgan fingerprint density at radius 2 is 2.43 bits per heavy atom. The quantitative estimate of drug-likeness (QED) is 0.807. The molecule has 2 rings (SSSR count). The highest BCUT2D eigenvalue weighted by Crippen LogP contribution is 2.37. The Morgan fingerprint density at radius 3 is 3.00 bits per heavy atom. The van der Waals surface area contributed by atoms with Gasteiger partial charge < -0.3 is 4.98 Å². The number of H-pyrrole nitrogens is 1. The van der Waals surface area contributed by atoms with Crippen LogP contribution in [-0.2, 0) is 0 Å². The third-order valence-electron chi connectivity index (χ3n) is 2.28. The van der Waals surface area contributed by atoms with Crippen molar-refractivity contribution in [3.8, 4) is 0 Å². The number of aromatic nitrogens is 2. The summed E-state index contributed by atoms with van der Waals surface area (Å²) < 4.78 is 0.703. The first-order valence-electron chi connectivity index (χ1n) is 4.56. The highest BCUT2D eigenvalue weighted by Gasteiger charge is 2.20. The molecule has 5 heteroatoms. The summed E-state index contributed by atoms with van der Waals surface area (Å²) in [7, 11) is 0. The summed E-state index contributed by atoms with van der Waals surface area (Å²) in [6.07, 6.45) is 2.36. The van der Waals surface area contributed by atoms with Crippen molar-refractivity contribution in [1.29, 1.82) is 0 Å². The van der Waals surface area contributed by atoms with Crippen LogP contribution in [0.2, 0.25) is 0 Å². The van der Waals surface area contributed by atoms with Crippen molar-refractivity contribution in [2.75, 3.05) is 5.75 Å². The van der Waals surface area contributed by atoms with Gasteiger partial charge in [0.1, 0.15) is 5.82 Å². The Labute approximate surface area is 100 Å². The standard InChI is InChI=1S/C9H11IN2OS/c1-5-7(10)9(13)12-8(11-5)6-3-2-4-14-6/h6H,2-4H2,1H3,(H,11,12,13). The van der Waals surface area contributed by atoms with E-state index in [2.05, 4.69) is 9.97 Å². The molecule has 0 aromatic carbocycles. The zero-order chi connectivity index (χ0) is 10.1. The smallest absolute Gasteiger partial charge is 0.264 e. The predicted octanol–water partition coefficient (Wildman–Crippen LogP) is 2.25. The molecule has 1 saturated heterocycles. The van der Waals surface area contributed by atoms with Gasteiger partial charge in [-0.2, -0.15) is 11.8 Å². The van der Waals surface area contributed by atoms with Gasteiger partial charge in [-0.25, -0.2) is 4.98 Å². The van der Waals surface area contributed by atoms with E-state index in [4.69, 9.17) is 0 Å². The van der Waals surface area contributed by atoms with Crippen LogP contribution >= 0.6 is 34.4 Å². The minimum atomic E-state index is 0.000556. The van der Waals surface area contributed by atoms with Crippen molar-refractivity contribution in [3.05, 3.63) is 25.4 Å². The van der Waals surface area contributed by atoms with Crippen molar-refractivity contribution in [3.63, 3.8) is 0 Å². The molecule has 1 atom stereocenters. The number of aromatic amines is 1. The van der Waals surface area contributed by atoms with Crippen molar-refractivity contribution >= 4 is 34.4 Å². The first-order valence-corrected chi connectivity index (χ1v) is 6.69. The Morgan fingerprint density at radius 1 is 1.64 bits per heavy atom. The topological polar surface area (TPSA) is 45.8 Å². The molecule has 3 nitrogen and oxygen atoms in total. The second kappa shape index (κ2) is 4.22. The number of rotatable bonds is 1. The number of aryl methyl sites for hydroxylation is 1. The fourth-order valence-corrected chi connectivity index (χ4v) is 3.02. The van der Waals surface area contributed by atoms with E-state index in [1.54, 1.807) is 0 Å². The minimum absolute atomic E-state index is 0.000556. The van der Waals surface area contributed by atoms with Crippen LogP contribution < -0.4 is 5.56 Å². The maximum atomic E-state index is 11.5. The van der Waals surface area contributed by atoms with Crippen molar-refractivity contribution in [2.24, 2.45) is 0 Å². The lowest BCUT2D eigenvalue weighted by Gasteiger charge is -2.08. The van der Waals surface area contributed by atoms with E-state index in [-0.39, 0.29) is 5.56 Å². The molecule has 0 amide bonds. The molecule has 1 fully saturated rings. The maximum Gasteiger partial charge on any atom is 0.264 e. The summed E-state index contributed by atoms with van der Waals surface area (Å²) in [5, 5.41) is 0.401. The molecule has 0 radical (unpaired) electrons. The molecule has 0 saturated carbocycles. The largest absolute Gasteiger partial charge is 0.309 e. The second-order valence-corrected chi connectivity index (χ2v) is 5.74. The number of halogens is 1. The van der Waals surface area contributed by atoms with E-state index in [0.29, 0.717) is 8.82 Å². The normalized spacial score (nSPS) is 21.4. The average Bonchev–Trinajstić information content (AvgIpc) is 2.66. The van der Waals surface area contributed by atoms with Gasteiger partial charge in [0, 0.05) is 0 Å². The zero-order valence-electron chi connectivity index (χ0n) is 7.84. The Hall–Kier alpha value is -0.0400. The van der Waals surface area contributed by atoms with Gasteiger partial charge in [0.2, 0.25) is 0 Å². The van der Waals surface area contributed by atoms with E-state index in [1.165, 1.54) is 12.2 Å². The first-order chi connectivity index (χ1) is 6.68. The molecule has 1 aliphatic rings. The SMILES string of the molecule is Cc1nc(C2CCCS2)[nH]c(=O)c1I. The molecule has 0 bridgehead atoms.